The molecular weight excluding hydrogens is 399 g/mol. The van der Waals surface area contributed by atoms with Crippen molar-refractivity contribution >= 4 is 29.4 Å². The number of hydrogen-bond acceptors (Lipinski definition) is 5. The summed E-state index contributed by atoms with van der Waals surface area (Å²) >= 11 is 0. The molecule has 7 nitrogen and oxygen atoms in total. The minimum Gasteiger partial charge on any atom is -0.309 e. The summed E-state index contributed by atoms with van der Waals surface area (Å²) in [5.74, 6) is -0.380. The number of pyridine rings is 1. The van der Waals surface area contributed by atoms with Crippen molar-refractivity contribution in [3.05, 3.63) is 76.1 Å². The van der Waals surface area contributed by atoms with Crippen molar-refractivity contribution in [3.63, 3.8) is 0 Å². The Bertz CT molecular complexity index is 1130. The van der Waals surface area contributed by atoms with Gasteiger partial charge in [-0.3, -0.25) is 19.6 Å². The highest BCUT2D eigenvalue weighted by atomic mass is 19.4. The van der Waals surface area contributed by atoms with Crippen LogP contribution in [0.3, 0.4) is 0 Å². The van der Waals surface area contributed by atoms with Crippen molar-refractivity contribution in [3.8, 4) is 0 Å². The molecule has 154 valence electrons. The zero-order valence-electron chi connectivity index (χ0n) is 15.6. The first kappa shape index (κ1) is 20.9. The zero-order chi connectivity index (χ0) is 21.7. The summed E-state index contributed by atoms with van der Waals surface area (Å²) in [7, 11) is 1.38. The van der Waals surface area contributed by atoms with Crippen molar-refractivity contribution < 1.29 is 18.0 Å². The van der Waals surface area contributed by atoms with E-state index in [1.807, 2.05) is 0 Å². The topological polar surface area (TPSA) is 99.0 Å². The average Bonchev–Trinajstić information content (AvgIpc) is 3.17. The maximum atomic E-state index is 13.2. The number of rotatable bonds is 5. The number of allylic oxidation sites excluding steroid dienone is 1. The predicted octanol–water partition coefficient (Wildman–Crippen LogP) is 2.86. The molecular formula is C20H16F3N5O2. The molecule has 0 saturated carbocycles. The Morgan fingerprint density at radius 1 is 1.20 bits per heavy atom. The van der Waals surface area contributed by atoms with Gasteiger partial charge in [-0.1, -0.05) is 24.3 Å². The lowest BCUT2D eigenvalue weighted by Gasteiger charge is -2.12. The summed E-state index contributed by atoms with van der Waals surface area (Å²) in [6, 6.07) is 9.40. The molecule has 3 rings (SSSR count). The number of aromatic amines is 1. The first-order valence-electron chi connectivity index (χ1n) is 8.71. The normalized spacial score (nSPS) is 16.7. The van der Waals surface area contributed by atoms with Gasteiger partial charge in [0.15, 0.2) is 6.17 Å². The van der Waals surface area contributed by atoms with Crippen LogP contribution in [0.25, 0.3) is 0 Å². The number of H-pyrrole nitrogens is 1. The van der Waals surface area contributed by atoms with Gasteiger partial charge in [-0.2, -0.15) is 13.2 Å². The summed E-state index contributed by atoms with van der Waals surface area (Å²) in [4.78, 5) is 38.0. The Balaban J connectivity index is 1.74. The molecule has 1 unspecified atom stereocenters. The van der Waals surface area contributed by atoms with Crippen molar-refractivity contribution in [1.29, 1.82) is 0 Å². The molecule has 0 saturated heterocycles. The van der Waals surface area contributed by atoms with Crippen LogP contribution in [0.4, 0.5) is 19.0 Å². The maximum Gasteiger partial charge on any atom is 0.417 e. The molecule has 0 spiro atoms. The van der Waals surface area contributed by atoms with Gasteiger partial charge < -0.3 is 10.3 Å². The van der Waals surface area contributed by atoms with E-state index in [1.54, 1.807) is 0 Å². The highest BCUT2D eigenvalue weighted by Crippen LogP contribution is 2.32. The maximum absolute atomic E-state index is 13.2. The minimum atomic E-state index is -4.52. The fourth-order valence-corrected chi connectivity index (χ4v) is 2.69. The molecule has 2 N–H and O–H groups in total. The number of aromatic nitrogens is 1. The summed E-state index contributed by atoms with van der Waals surface area (Å²) in [5.41, 5.74) is -1.12. The van der Waals surface area contributed by atoms with Crippen molar-refractivity contribution in [2.75, 3.05) is 12.4 Å². The van der Waals surface area contributed by atoms with Gasteiger partial charge in [0.25, 0.3) is 5.91 Å². The second kappa shape index (κ2) is 8.68. The van der Waals surface area contributed by atoms with Crippen LogP contribution in [-0.4, -0.2) is 41.7 Å². The molecule has 0 aliphatic carbocycles. The van der Waals surface area contributed by atoms with Crippen LogP contribution in [0.15, 0.2) is 74.4 Å². The van der Waals surface area contributed by atoms with Gasteiger partial charge >= 0.3 is 6.18 Å². The Hall–Kier alpha value is -3.82. The van der Waals surface area contributed by atoms with Crippen molar-refractivity contribution in [2.24, 2.45) is 15.0 Å². The van der Waals surface area contributed by atoms with E-state index in [0.717, 1.165) is 6.07 Å². The lowest BCUT2D eigenvalue weighted by atomic mass is 10.0. The standard InChI is InChI=1S/C20H16F3N5O2/c1-24-14(12-5-2-3-6-13(12)20(21,22)23)9-10-16-25-11-15(26-16)19(30)28-17-7-4-8-18(29)27-17/h2-11,16H,1H3,(H2,27,28,29,30)/b10-9-,24-14?. The number of halogens is 3. The fraction of sp³-hybridized carbons (Fsp3) is 0.150. The number of carbonyl (C=O) groups is 1. The zero-order valence-corrected chi connectivity index (χ0v) is 15.6. The highest BCUT2D eigenvalue weighted by Gasteiger charge is 2.33. The molecule has 1 aliphatic rings. The van der Waals surface area contributed by atoms with Crippen LogP contribution in [-0.2, 0) is 11.0 Å². The van der Waals surface area contributed by atoms with Crippen LogP contribution in [0.5, 0.6) is 0 Å². The summed E-state index contributed by atoms with van der Waals surface area (Å²) in [6.45, 7) is 0. The summed E-state index contributed by atoms with van der Waals surface area (Å²) < 4.78 is 39.7. The summed E-state index contributed by atoms with van der Waals surface area (Å²) in [5, 5.41) is 2.48. The SMILES string of the molecule is CN=C(/C=C\C1N=CC(C(=O)Nc2cccc(=O)[nH]2)=N1)c1ccccc1C(F)(F)F. The van der Waals surface area contributed by atoms with Gasteiger partial charge in [0.2, 0.25) is 5.56 Å². The number of anilines is 1. The molecule has 1 aromatic heterocycles. The van der Waals surface area contributed by atoms with Crippen molar-refractivity contribution in [1.82, 2.24) is 4.98 Å². The monoisotopic (exact) mass is 415 g/mol. The first-order chi connectivity index (χ1) is 14.3. The molecule has 30 heavy (non-hydrogen) atoms. The lowest BCUT2D eigenvalue weighted by Crippen LogP contribution is -2.24. The quantitative estimate of drug-likeness (QED) is 0.734. The lowest BCUT2D eigenvalue weighted by molar-refractivity contribution is -0.137. The number of nitrogens with one attached hydrogen (secondary N) is 2. The van der Waals surface area contributed by atoms with E-state index in [2.05, 4.69) is 25.3 Å². The minimum absolute atomic E-state index is 0.0139. The van der Waals surface area contributed by atoms with E-state index >= 15 is 0 Å². The number of hydrogen-bond donors (Lipinski definition) is 2. The molecule has 2 aromatic rings. The smallest absolute Gasteiger partial charge is 0.309 e. The van der Waals surface area contributed by atoms with Gasteiger partial charge in [0.1, 0.15) is 11.5 Å². The summed E-state index contributed by atoms with van der Waals surface area (Å²) in [6.07, 6.45) is -1.23. The third kappa shape index (κ3) is 4.96. The number of alkyl halides is 3. The Morgan fingerprint density at radius 2 is 1.97 bits per heavy atom. The molecule has 0 fully saturated rings. The Labute approximate surface area is 168 Å². The molecule has 1 aliphatic heterocycles. The van der Waals surface area contributed by atoms with Crippen LogP contribution in [0, 0.1) is 0 Å². The first-order valence-corrected chi connectivity index (χ1v) is 8.71. The second-order valence-electron chi connectivity index (χ2n) is 6.10. The third-order valence-electron chi connectivity index (χ3n) is 4.05. The van der Waals surface area contributed by atoms with Gasteiger partial charge in [-0.15, -0.1) is 0 Å². The number of carbonyl (C=O) groups excluding carboxylic acids is 1. The van der Waals surface area contributed by atoms with Crippen LogP contribution in [0.2, 0.25) is 0 Å². The Kier molecular flexibility index (Phi) is 6.05. The largest absolute Gasteiger partial charge is 0.417 e. The average molecular weight is 415 g/mol. The van der Waals surface area contributed by atoms with Gasteiger partial charge in [0.05, 0.1) is 17.5 Å². The van der Waals surface area contributed by atoms with Gasteiger partial charge in [-0.25, -0.2) is 4.99 Å². The van der Waals surface area contributed by atoms with E-state index in [0.29, 0.717) is 0 Å². The molecule has 0 radical (unpaired) electrons. The van der Waals surface area contributed by atoms with Gasteiger partial charge in [0, 0.05) is 18.7 Å². The molecule has 0 bridgehead atoms. The van der Waals surface area contributed by atoms with Crippen LogP contribution >= 0.6 is 0 Å². The van der Waals surface area contributed by atoms with E-state index < -0.39 is 23.8 Å². The number of benzene rings is 1. The highest BCUT2D eigenvalue weighted by molar-refractivity contribution is 6.63. The van der Waals surface area contributed by atoms with Crippen LogP contribution in [0.1, 0.15) is 11.1 Å². The van der Waals surface area contributed by atoms with Gasteiger partial charge in [-0.05, 0) is 24.3 Å². The Morgan fingerprint density at radius 3 is 2.67 bits per heavy atom. The van der Waals surface area contributed by atoms with E-state index in [-0.39, 0.29) is 28.4 Å². The number of aliphatic imine (C=N–C) groups is 3. The molecule has 1 amide bonds. The molecule has 2 heterocycles. The predicted molar refractivity (Wildman–Crippen MR) is 108 cm³/mol. The van der Waals surface area contributed by atoms with Crippen molar-refractivity contribution in [2.45, 2.75) is 12.3 Å². The molecule has 1 atom stereocenters. The number of amides is 1. The van der Waals surface area contributed by atoms with E-state index in [9.17, 15) is 22.8 Å². The van der Waals surface area contributed by atoms with Crippen LogP contribution < -0.4 is 10.9 Å². The van der Waals surface area contributed by atoms with E-state index in [4.69, 9.17) is 0 Å². The molecule has 10 heteroatoms. The number of nitrogens with zero attached hydrogens (tertiary/aromatic N) is 3. The fourth-order valence-electron chi connectivity index (χ4n) is 2.69. The second-order valence-corrected chi connectivity index (χ2v) is 6.10. The third-order valence-corrected chi connectivity index (χ3v) is 4.05. The molecule has 1 aromatic carbocycles. The van der Waals surface area contributed by atoms with E-state index in [1.165, 1.54) is 61.8 Å².